The van der Waals surface area contributed by atoms with Crippen LogP contribution in [-0.2, 0) is 4.79 Å². The molecule has 0 aliphatic carbocycles. The molecule has 0 bridgehead atoms. The highest BCUT2D eigenvalue weighted by molar-refractivity contribution is 6.31. The first kappa shape index (κ1) is 19.2. The standard InChI is InChI=1S/C18H20Cl2N2O3/c1-24-17-7-4-14(20)12-16(17)21-9-8-18(23)22-10-11-25-15-5-2-13(19)3-6-15/h2-7,12,21H,8-11H2,1H3,(H,22,23). The van der Waals surface area contributed by atoms with Crippen LogP contribution in [0.4, 0.5) is 5.69 Å². The van der Waals surface area contributed by atoms with E-state index in [2.05, 4.69) is 10.6 Å². The molecule has 0 radical (unpaired) electrons. The SMILES string of the molecule is COc1ccc(Cl)cc1NCCC(=O)NCCOc1ccc(Cl)cc1. The summed E-state index contributed by atoms with van der Waals surface area (Å²) < 4.78 is 10.7. The van der Waals surface area contributed by atoms with Crippen molar-refractivity contribution in [2.24, 2.45) is 0 Å². The molecule has 2 N–H and O–H groups in total. The summed E-state index contributed by atoms with van der Waals surface area (Å²) in [6.45, 7) is 1.30. The molecular weight excluding hydrogens is 363 g/mol. The fraction of sp³-hybridized carbons (Fsp3) is 0.278. The van der Waals surface area contributed by atoms with E-state index in [0.717, 1.165) is 5.69 Å². The lowest BCUT2D eigenvalue weighted by Crippen LogP contribution is -2.29. The Morgan fingerprint density at radius 2 is 1.76 bits per heavy atom. The molecular formula is C18H20Cl2N2O3. The summed E-state index contributed by atoms with van der Waals surface area (Å²) in [4.78, 5) is 11.8. The fourth-order valence-electron chi connectivity index (χ4n) is 2.11. The van der Waals surface area contributed by atoms with Gasteiger partial charge in [0.2, 0.25) is 5.91 Å². The molecule has 25 heavy (non-hydrogen) atoms. The van der Waals surface area contributed by atoms with E-state index in [0.29, 0.717) is 47.7 Å². The van der Waals surface area contributed by atoms with Crippen molar-refractivity contribution in [1.29, 1.82) is 0 Å². The molecule has 0 aliphatic heterocycles. The number of nitrogens with one attached hydrogen (secondary N) is 2. The van der Waals surface area contributed by atoms with Crippen LogP contribution in [0.2, 0.25) is 10.0 Å². The van der Waals surface area contributed by atoms with Gasteiger partial charge in [0.05, 0.1) is 19.3 Å². The molecule has 134 valence electrons. The average molecular weight is 383 g/mol. The summed E-state index contributed by atoms with van der Waals surface area (Å²) >= 11 is 11.8. The van der Waals surface area contributed by atoms with E-state index in [1.165, 1.54) is 0 Å². The van der Waals surface area contributed by atoms with E-state index in [1.54, 1.807) is 49.6 Å². The van der Waals surface area contributed by atoms with Gasteiger partial charge in [-0.2, -0.15) is 0 Å². The topological polar surface area (TPSA) is 59.6 Å². The largest absolute Gasteiger partial charge is 0.495 e. The van der Waals surface area contributed by atoms with Gasteiger partial charge < -0.3 is 20.1 Å². The number of anilines is 1. The number of carbonyl (C=O) groups excluding carboxylic acids is 1. The van der Waals surface area contributed by atoms with Gasteiger partial charge in [-0.1, -0.05) is 23.2 Å². The zero-order chi connectivity index (χ0) is 18.1. The van der Waals surface area contributed by atoms with E-state index in [4.69, 9.17) is 32.7 Å². The van der Waals surface area contributed by atoms with Gasteiger partial charge in [0.15, 0.2) is 0 Å². The molecule has 0 fully saturated rings. The van der Waals surface area contributed by atoms with Crippen molar-refractivity contribution in [3.63, 3.8) is 0 Å². The first-order valence-electron chi connectivity index (χ1n) is 7.81. The molecule has 0 atom stereocenters. The van der Waals surface area contributed by atoms with Gasteiger partial charge >= 0.3 is 0 Å². The summed E-state index contributed by atoms with van der Waals surface area (Å²) in [6.07, 6.45) is 0.330. The van der Waals surface area contributed by atoms with Gasteiger partial charge in [-0.05, 0) is 42.5 Å². The highest BCUT2D eigenvalue weighted by Crippen LogP contribution is 2.27. The first-order chi connectivity index (χ1) is 12.1. The minimum atomic E-state index is -0.0619. The second kappa shape index (κ2) is 10.0. The van der Waals surface area contributed by atoms with Crippen LogP contribution in [0.15, 0.2) is 42.5 Å². The summed E-state index contributed by atoms with van der Waals surface area (Å²) in [7, 11) is 1.59. The van der Waals surface area contributed by atoms with Gasteiger partial charge in [0.1, 0.15) is 18.1 Å². The molecule has 0 aliphatic rings. The van der Waals surface area contributed by atoms with Gasteiger partial charge in [-0.15, -0.1) is 0 Å². The molecule has 0 saturated heterocycles. The molecule has 1 amide bonds. The Kier molecular flexibility index (Phi) is 7.70. The maximum Gasteiger partial charge on any atom is 0.221 e. The zero-order valence-electron chi connectivity index (χ0n) is 13.9. The van der Waals surface area contributed by atoms with Crippen molar-refractivity contribution in [3.8, 4) is 11.5 Å². The predicted octanol–water partition coefficient (Wildman–Crippen LogP) is 4.00. The van der Waals surface area contributed by atoms with Crippen molar-refractivity contribution in [2.45, 2.75) is 6.42 Å². The van der Waals surface area contributed by atoms with Crippen molar-refractivity contribution < 1.29 is 14.3 Å². The van der Waals surface area contributed by atoms with Crippen LogP contribution < -0.4 is 20.1 Å². The van der Waals surface area contributed by atoms with Crippen molar-refractivity contribution in [3.05, 3.63) is 52.5 Å². The first-order valence-corrected chi connectivity index (χ1v) is 8.56. The van der Waals surface area contributed by atoms with Crippen LogP contribution in [0.5, 0.6) is 11.5 Å². The zero-order valence-corrected chi connectivity index (χ0v) is 15.4. The molecule has 0 unspecified atom stereocenters. The monoisotopic (exact) mass is 382 g/mol. The Morgan fingerprint density at radius 3 is 2.48 bits per heavy atom. The highest BCUT2D eigenvalue weighted by atomic mass is 35.5. The molecule has 0 spiro atoms. The van der Waals surface area contributed by atoms with Crippen LogP contribution >= 0.6 is 23.2 Å². The van der Waals surface area contributed by atoms with E-state index >= 15 is 0 Å². The van der Waals surface area contributed by atoms with Crippen LogP contribution in [0.1, 0.15) is 6.42 Å². The molecule has 7 heteroatoms. The van der Waals surface area contributed by atoms with E-state index in [9.17, 15) is 4.79 Å². The number of benzene rings is 2. The van der Waals surface area contributed by atoms with E-state index in [1.807, 2.05) is 0 Å². The Labute approximate surface area is 157 Å². The maximum atomic E-state index is 11.8. The third-order valence-corrected chi connectivity index (χ3v) is 3.82. The van der Waals surface area contributed by atoms with Gasteiger partial charge in [-0.25, -0.2) is 0 Å². The van der Waals surface area contributed by atoms with Gasteiger partial charge in [0.25, 0.3) is 0 Å². The Morgan fingerprint density at radius 1 is 1.04 bits per heavy atom. The summed E-state index contributed by atoms with van der Waals surface area (Å²) in [5.41, 5.74) is 0.758. The third-order valence-electron chi connectivity index (χ3n) is 3.34. The Balaban J connectivity index is 1.64. The molecule has 2 aromatic rings. The van der Waals surface area contributed by atoms with Crippen LogP contribution in [0.25, 0.3) is 0 Å². The molecule has 0 saturated carbocycles. The van der Waals surface area contributed by atoms with Gasteiger partial charge in [0, 0.05) is 23.0 Å². The smallest absolute Gasteiger partial charge is 0.221 e. The van der Waals surface area contributed by atoms with Crippen molar-refractivity contribution in [1.82, 2.24) is 5.32 Å². The maximum absolute atomic E-state index is 11.8. The summed E-state index contributed by atoms with van der Waals surface area (Å²) in [6, 6.07) is 12.4. The normalized spacial score (nSPS) is 10.2. The number of halogens is 2. The van der Waals surface area contributed by atoms with Crippen LogP contribution in [0.3, 0.4) is 0 Å². The minimum Gasteiger partial charge on any atom is -0.495 e. The molecule has 2 aromatic carbocycles. The highest BCUT2D eigenvalue weighted by Gasteiger charge is 2.05. The Hall–Kier alpha value is -2.11. The van der Waals surface area contributed by atoms with E-state index < -0.39 is 0 Å². The lowest BCUT2D eigenvalue weighted by molar-refractivity contribution is -0.120. The number of ether oxygens (including phenoxy) is 2. The van der Waals surface area contributed by atoms with Crippen LogP contribution in [0, 0.1) is 0 Å². The number of carbonyl (C=O) groups is 1. The van der Waals surface area contributed by atoms with Gasteiger partial charge in [-0.3, -0.25) is 4.79 Å². The number of hydrogen-bond acceptors (Lipinski definition) is 4. The second-order valence-electron chi connectivity index (χ2n) is 5.17. The summed E-state index contributed by atoms with van der Waals surface area (Å²) in [5.74, 6) is 1.34. The van der Waals surface area contributed by atoms with E-state index in [-0.39, 0.29) is 5.91 Å². The quantitative estimate of drug-likeness (QED) is 0.643. The Bertz CT molecular complexity index is 693. The number of rotatable bonds is 9. The second-order valence-corrected chi connectivity index (χ2v) is 6.05. The number of hydrogen-bond donors (Lipinski definition) is 2. The van der Waals surface area contributed by atoms with Crippen molar-refractivity contribution >= 4 is 34.8 Å². The number of methoxy groups -OCH3 is 1. The third kappa shape index (κ3) is 6.72. The van der Waals surface area contributed by atoms with Crippen molar-refractivity contribution in [2.75, 3.05) is 32.1 Å². The van der Waals surface area contributed by atoms with Crippen LogP contribution in [-0.4, -0.2) is 32.7 Å². The average Bonchev–Trinajstić information content (AvgIpc) is 2.60. The lowest BCUT2D eigenvalue weighted by atomic mass is 10.2. The lowest BCUT2D eigenvalue weighted by Gasteiger charge is -2.12. The summed E-state index contributed by atoms with van der Waals surface area (Å²) in [5, 5.41) is 7.21. The molecule has 0 aromatic heterocycles. The predicted molar refractivity (Wildman–Crippen MR) is 101 cm³/mol. The molecule has 0 heterocycles. The molecule has 2 rings (SSSR count). The fourth-order valence-corrected chi connectivity index (χ4v) is 2.41. The molecule has 5 nitrogen and oxygen atoms in total. The number of amides is 1. The minimum absolute atomic E-state index is 0.0619.